The van der Waals surface area contributed by atoms with Crippen LogP contribution in [0.15, 0.2) is 18.5 Å². The molecule has 0 radical (unpaired) electrons. The molecule has 1 fully saturated rings. The number of aromatic nitrogens is 1. The Kier molecular flexibility index (Phi) is 3.74. The van der Waals surface area contributed by atoms with Crippen molar-refractivity contribution in [3.8, 4) is 0 Å². The summed E-state index contributed by atoms with van der Waals surface area (Å²) in [5.74, 6) is 0.0769. The Bertz CT molecular complexity index is 399. The molecule has 0 unspecified atom stereocenters. The molecule has 0 bridgehead atoms. The molecule has 1 aromatic heterocycles. The predicted molar refractivity (Wildman–Crippen MR) is 67.0 cm³/mol. The molecule has 0 saturated carbocycles. The van der Waals surface area contributed by atoms with Crippen molar-refractivity contribution in [1.82, 2.24) is 15.2 Å². The maximum Gasteiger partial charge on any atom is 0.255 e. The monoisotopic (exact) mass is 233 g/mol. The van der Waals surface area contributed by atoms with Crippen LogP contribution in [0.4, 0.5) is 0 Å². The fourth-order valence-electron chi connectivity index (χ4n) is 2.24. The molecule has 17 heavy (non-hydrogen) atoms. The van der Waals surface area contributed by atoms with Crippen LogP contribution >= 0.6 is 0 Å². The fraction of sp³-hybridized carbons (Fsp3) is 0.538. The summed E-state index contributed by atoms with van der Waals surface area (Å²) < 4.78 is 0. The van der Waals surface area contributed by atoms with Crippen LogP contribution < -0.4 is 5.32 Å². The van der Waals surface area contributed by atoms with E-state index in [9.17, 15) is 4.79 Å². The minimum absolute atomic E-state index is 0.0769. The van der Waals surface area contributed by atoms with E-state index in [-0.39, 0.29) is 5.91 Å². The van der Waals surface area contributed by atoms with Gasteiger partial charge < -0.3 is 10.2 Å². The van der Waals surface area contributed by atoms with Crippen molar-refractivity contribution < 1.29 is 4.79 Å². The van der Waals surface area contributed by atoms with Crippen LogP contribution in [0.25, 0.3) is 0 Å². The van der Waals surface area contributed by atoms with Gasteiger partial charge in [-0.3, -0.25) is 9.78 Å². The van der Waals surface area contributed by atoms with Crippen molar-refractivity contribution in [1.29, 1.82) is 0 Å². The predicted octanol–water partition coefficient (Wildman–Crippen LogP) is 1.21. The van der Waals surface area contributed by atoms with Gasteiger partial charge in [-0.05, 0) is 44.5 Å². The molecule has 0 aromatic carbocycles. The average Bonchev–Trinajstić information content (AvgIpc) is 2.38. The van der Waals surface area contributed by atoms with E-state index in [0.29, 0.717) is 11.6 Å². The summed E-state index contributed by atoms with van der Waals surface area (Å²) in [6, 6.07) is 2.25. The highest BCUT2D eigenvalue weighted by molar-refractivity contribution is 5.94. The Morgan fingerprint density at radius 2 is 2.12 bits per heavy atom. The lowest BCUT2D eigenvalue weighted by atomic mass is 10.0. The molecule has 0 atom stereocenters. The first-order valence-electron chi connectivity index (χ1n) is 6.08. The summed E-state index contributed by atoms with van der Waals surface area (Å²) in [5, 5.41) is 3.31. The third-order valence-corrected chi connectivity index (χ3v) is 3.30. The van der Waals surface area contributed by atoms with Gasteiger partial charge in [0.25, 0.3) is 5.91 Å². The molecule has 2 heterocycles. The van der Waals surface area contributed by atoms with Crippen LogP contribution in [0, 0.1) is 6.92 Å². The summed E-state index contributed by atoms with van der Waals surface area (Å²) in [6.07, 6.45) is 5.47. The number of piperidine rings is 1. The third kappa shape index (κ3) is 2.82. The van der Waals surface area contributed by atoms with E-state index in [4.69, 9.17) is 0 Å². The number of carbonyl (C=O) groups is 1. The van der Waals surface area contributed by atoms with Gasteiger partial charge in [-0.15, -0.1) is 0 Å². The van der Waals surface area contributed by atoms with Gasteiger partial charge in [-0.2, -0.15) is 0 Å². The Balaban J connectivity index is 2.08. The lowest BCUT2D eigenvalue weighted by molar-refractivity contribution is 0.0702. The second-order valence-corrected chi connectivity index (χ2v) is 4.65. The molecular weight excluding hydrogens is 214 g/mol. The number of carbonyl (C=O) groups excluding carboxylic acids is 1. The second-order valence-electron chi connectivity index (χ2n) is 4.65. The fourth-order valence-corrected chi connectivity index (χ4v) is 2.24. The van der Waals surface area contributed by atoms with Crippen LogP contribution in [0.5, 0.6) is 0 Å². The van der Waals surface area contributed by atoms with E-state index in [2.05, 4.69) is 10.3 Å². The standard InChI is InChI=1S/C13H19N3O/c1-10-7-11(9-15-8-10)13(17)16(2)12-3-5-14-6-4-12/h7-9,12,14H,3-6H2,1-2H3. The lowest BCUT2D eigenvalue weighted by Crippen LogP contribution is -2.44. The number of hydrogen-bond acceptors (Lipinski definition) is 3. The van der Waals surface area contributed by atoms with E-state index < -0.39 is 0 Å². The van der Waals surface area contributed by atoms with Gasteiger partial charge in [-0.1, -0.05) is 0 Å². The van der Waals surface area contributed by atoms with E-state index in [0.717, 1.165) is 31.5 Å². The Hall–Kier alpha value is -1.42. The normalized spacial score (nSPS) is 16.8. The molecular formula is C13H19N3O. The molecule has 1 aliphatic rings. The van der Waals surface area contributed by atoms with Gasteiger partial charge in [0.1, 0.15) is 0 Å². The lowest BCUT2D eigenvalue weighted by Gasteiger charge is -2.31. The number of nitrogens with one attached hydrogen (secondary N) is 1. The summed E-state index contributed by atoms with van der Waals surface area (Å²) in [4.78, 5) is 18.2. The maximum atomic E-state index is 12.3. The number of pyridine rings is 1. The summed E-state index contributed by atoms with van der Waals surface area (Å²) in [6.45, 7) is 3.94. The smallest absolute Gasteiger partial charge is 0.255 e. The maximum absolute atomic E-state index is 12.3. The zero-order valence-electron chi connectivity index (χ0n) is 10.4. The van der Waals surface area contributed by atoms with Crippen LogP contribution in [0.3, 0.4) is 0 Å². The van der Waals surface area contributed by atoms with Crippen molar-refractivity contribution in [2.75, 3.05) is 20.1 Å². The molecule has 0 aliphatic carbocycles. The quantitative estimate of drug-likeness (QED) is 0.835. The highest BCUT2D eigenvalue weighted by Gasteiger charge is 2.22. The van der Waals surface area contributed by atoms with Crippen molar-refractivity contribution in [3.63, 3.8) is 0 Å². The van der Waals surface area contributed by atoms with Crippen LogP contribution in [-0.4, -0.2) is 42.0 Å². The number of nitrogens with zero attached hydrogens (tertiary/aromatic N) is 2. The highest BCUT2D eigenvalue weighted by atomic mass is 16.2. The number of hydrogen-bond donors (Lipinski definition) is 1. The van der Waals surface area contributed by atoms with Gasteiger partial charge in [0.15, 0.2) is 0 Å². The Labute approximate surface area is 102 Å². The molecule has 1 amide bonds. The van der Waals surface area contributed by atoms with Gasteiger partial charge in [0.05, 0.1) is 5.56 Å². The summed E-state index contributed by atoms with van der Waals surface area (Å²) >= 11 is 0. The van der Waals surface area contributed by atoms with Crippen molar-refractivity contribution in [3.05, 3.63) is 29.6 Å². The molecule has 1 aromatic rings. The first kappa shape index (κ1) is 12.0. The minimum Gasteiger partial charge on any atom is -0.339 e. The first-order valence-corrected chi connectivity index (χ1v) is 6.08. The van der Waals surface area contributed by atoms with Crippen molar-refractivity contribution in [2.45, 2.75) is 25.8 Å². The topological polar surface area (TPSA) is 45.2 Å². The first-order chi connectivity index (χ1) is 8.18. The number of amides is 1. The third-order valence-electron chi connectivity index (χ3n) is 3.30. The van der Waals surface area contributed by atoms with Crippen molar-refractivity contribution in [2.24, 2.45) is 0 Å². The van der Waals surface area contributed by atoms with E-state index in [1.165, 1.54) is 0 Å². The zero-order chi connectivity index (χ0) is 12.3. The van der Waals surface area contributed by atoms with Gasteiger partial charge in [-0.25, -0.2) is 0 Å². The molecule has 2 rings (SSSR count). The minimum atomic E-state index is 0.0769. The summed E-state index contributed by atoms with van der Waals surface area (Å²) in [5.41, 5.74) is 1.71. The molecule has 92 valence electrons. The van der Waals surface area contributed by atoms with Crippen molar-refractivity contribution >= 4 is 5.91 Å². The zero-order valence-corrected chi connectivity index (χ0v) is 10.4. The number of aryl methyl sites for hydroxylation is 1. The highest BCUT2D eigenvalue weighted by Crippen LogP contribution is 2.13. The summed E-state index contributed by atoms with van der Waals surface area (Å²) in [7, 11) is 1.89. The average molecular weight is 233 g/mol. The van der Waals surface area contributed by atoms with Crippen LogP contribution in [-0.2, 0) is 0 Å². The van der Waals surface area contributed by atoms with Gasteiger partial charge in [0, 0.05) is 25.5 Å². The molecule has 1 aliphatic heterocycles. The van der Waals surface area contributed by atoms with E-state index in [1.807, 2.05) is 24.9 Å². The molecule has 4 heteroatoms. The Morgan fingerprint density at radius 3 is 2.76 bits per heavy atom. The second kappa shape index (κ2) is 5.27. The molecule has 4 nitrogen and oxygen atoms in total. The largest absolute Gasteiger partial charge is 0.339 e. The van der Waals surface area contributed by atoms with E-state index in [1.54, 1.807) is 12.4 Å². The van der Waals surface area contributed by atoms with E-state index >= 15 is 0 Å². The SMILES string of the molecule is Cc1cncc(C(=O)N(C)C2CCNCC2)c1. The van der Waals surface area contributed by atoms with Gasteiger partial charge in [0.2, 0.25) is 0 Å². The Morgan fingerprint density at radius 1 is 1.41 bits per heavy atom. The van der Waals surface area contributed by atoms with Gasteiger partial charge >= 0.3 is 0 Å². The van der Waals surface area contributed by atoms with Crippen LogP contribution in [0.1, 0.15) is 28.8 Å². The number of rotatable bonds is 2. The molecule has 0 spiro atoms. The molecule has 1 N–H and O–H groups in total. The van der Waals surface area contributed by atoms with Crippen LogP contribution in [0.2, 0.25) is 0 Å². The molecule has 1 saturated heterocycles.